The lowest BCUT2D eigenvalue weighted by Crippen LogP contribution is -2.27. The van der Waals surface area contributed by atoms with Gasteiger partial charge < -0.3 is 59.0 Å². The van der Waals surface area contributed by atoms with Crippen molar-refractivity contribution < 1.29 is 20.1 Å². The normalized spacial score (nSPS) is 11.5. The van der Waals surface area contributed by atoms with Crippen molar-refractivity contribution in [3.8, 4) is 0 Å². The van der Waals surface area contributed by atoms with Crippen LogP contribution in [0, 0.1) is 0 Å². The van der Waals surface area contributed by atoms with Crippen LogP contribution in [-0.2, 0) is 19.8 Å². The number of halogens is 1. The number of nitrogens with zero attached hydrogens (tertiary/aromatic N) is 5. The van der Waals surface area contributed by atoms with Gasteiger partial charge in [0.25, 0.3) is 0 Å². The van der Waals surface area contributed by atoms with Gasteiger partial charge in [-0.2, -0.15) is 15.3 Å². The monoisotopic (exact) mass is 1060 g/mol. The van der Waals surface area contributed by atoms with Crippen molar-refractivity contribution in [3.63, 3.8) is 0 Å². The largest absolute Gasteiger partial charge is 0.392 e. The van der Waals surface area contributed by atoms with Crippen molar-refractivity contribution in [1.82, 2.24) is 20.4 Å². The standard InChI is InChI=1S/C16H23N5O.C12H14N4OS.C10H9NO2.C5H13N.C2H7N3S.HI/c1-2-3-4-7-18-16(17)21-20-10-13-9-19-15-6-5-12(11-22)8-14(13)15;1-18-12(13)16-15-6-9-5-14-11-3-2-8(7-17)4-10(9)11;12-5-7-1-2-10-9(3-7)8(6-13)4-11-10;1-2-3-4-5-6;1-6-2(3)5-4;/h5-6,8-10,19,22H,2-4,7,11H2,1H3,(H3,17,18,21);2-6,14,17H,7H2,1H3,(H2,13,16);1-4,6,11-12H,5H2;2-6H2,1H3;4H2,1H3,(H2,3,5);1H/b20-10+;15-6+;;;;. The molecule has 0 radical (unpaired) electrons. The molecule has 0 bridgehead atoms. The van der Waals surface area contributed by atoms with E-state index in [-0.39, 0.29) is 43.8 Å². The number of hydrogen-bond acceptors (Lipinski definition) is 13. The summed E-state index contributed by atoms with van der Waals surface area (Å²) in [5, 5.41) is 46.0. The van der Waals surface area contributed by atoms with Crippen LogP contribution in [0.4, 0.5) is 0 Å². The van der Waals surface area contributed by atoms with Gasteiger partial charge in [0.15, 0.2) is 16.6 Å². The molecule has 66 heavy (non-hydrogen) atoms. The molecule has 0 unspecified atom stereocenters. The number of aliphatic hydroxyl groups excluding tert-OH is 3. The second kappa shape index (κ2) is 34.9. The van der Waals surface area contributed by atoms with E-state index in [1.807, 2.05) is 79.5 Å². The van der Waals surface area contributed by atoms with Gasteiger partial charge in [-0.1, -0.05) is 81.3 Å². The van der Waals surface area contributed by atoms with Crippen molar-refractivity contribution in [2.75, 3.05) is 25.6 Å². The molecule has 0 fully saturated rings. The number of hydrazone groups is 2. The van der Waals surface area contributed by atoms with Gasteiger partial charge in [-0.05, 0) is 85.0 Å². The van der Waals surface area contributed by atoms with E-state index in [1.54, 1.807) is 18.6 Å². The number of aldehydes is 1. The van der Waals surface area contributed by atoms with E-state index in [1.165, 1.54) is 42.8 Å². The van der Waals surface area contributed by atoms with Gasteiger partial charge in [0, 0.05) is 74.5 Å². The van der Waals surface area contributed by atoms with Crippen molar-refractivity contribution >= 4 is 115 Å². The van der Waals surface area contributed by atoms with E-state index in [0.29, 0.717) is 21.9 Å². The number of aliphatic imine (C=N–C) groups is 1. The lowest BCUT2D eigenvalue weighted by molar-refractivity contribution is 0.112. The highest BCUT2D eigenvalue weighted by atomic mass is 127. The van der Waals surface area contributed by atoms with Crippen molar-refractivity contribution in [2.24, 2.45) is 54.2 Å². The molecule has 0 aliphatic heterocycles. The molecule has 0 aliphatic carbocycles. The highest BCUT2D eigenvalue weighted by molar-refractivity contribution is 14.0. The number of nitrogens with two attached hydrogens (primary N) is 5. The molecular weight excluding hydrogens is 992 g/mol. The number of thioether (sulfide) groups is 2. The Morgan fingerprint density at radius 2 is 1.14 bits per heavy atom. The van der Waals surface area contributed by atoms with Crippen molar-refractivity contribution in [3.05, 3.63) is 107 Å². The molecule has 21 heteroatoms. The zero-order chi connectivity index (χ0) is 47.8. The third-order valence-corrected chi connectivity index (χ3v) is 10.2. The molecule has 3 heterocycles. The molecule has 3 aromatic carbocycles. The molecule has 0 saturated carbocycles. The Balaban J connectivity index is 0.000000445. The zero-order valence-corrected chi connectivity index (χ0v) is 42.0. The van der Waals surface area contributed by atoms with Gasteiger partial charge >= 0.3 is 0 Å². The van der Waals surface area contributed by atoms with Crippen LogP contribution in [0.15, 0.2) is 98.6 Å². The number of aromatic nitrogens is 3. The van der Waals surface area contributed by atoms with Crippen molar-refractivity contribution in [2.45, 2.75) is 72.2 Å². The summed E-state index contributed by atoms with van der Waals surface area (Å²) in [6.45, 7) is 5.94. The quantitative estimate of drug-likeness (QED) is 0.00994. The third-order valence-electron chi connectivity index (χ3n) is 9.14. The van der Waals surface area contributed by atoms with E-state index >= 15 is 0 Å². The molecule has 6 aromatic rings. The van der Waals surface area contributed by atoms with Crippen LogP contribution < -0.4 is 34.2 Å². The third kappa shape index (κ3) is 21.3. The number of amidine groups is 2. The van der Waals surface area contributed by atoms with Crippen LogP contribution in [0.5, 0.6) is 0 Å². The van der Waals surface area contributed by atoms with Gasteiger partial charge in [-0.3, -0.25) is 9.79 Å². The minimum absolute atomic E-state index is 0. The van der Waals surface area contributed by atoms with Crippen LogP contribution in [0.2, 0.25) is 0 Å². The minimum atomic E-state index is -0.000578. The van der Waals surface area contributed by atoms with E-state index in [2.05, 4.69) is 59.6 Å². The SMILES string of the molecule is CCCCCN.CCCCCN=C(N)N/N=C/c1c[nH]c2ccc(CO)cc12.CSC(N)=N/N=C/c1c[nH]c2ccc(CO)cc12.CSC(N)=NN.I.O=Cc1c[nH]c2ccc(CO)cc12. The van der Waals surface area contributed by atoms with Gasteiger partial charge in [0.1, 0.15) is 0 Å². The summed E-state index contributed by atoms with van der Waals surface area (Å²) in [5.74, 6) is 5.05. The van der Waals surface area contributed by atoms with Crippen LogP contribution >= 0.6 is 47.5 Å². The molecule has 0 atom stereocenters. The van der Waals surface area contributed by atoms with Gasteiger partial charge in [0.05, 0.1) is 32.2 Å². The number of H-pyrrole nitrogens is 3. The Morgan fingerprint density at radius 3 is 1.53 bits per heavy atom. The van der Waals surface area contributed by atoms with Crippen LogP contribution in [0.3, 0.4) is 0 Å². The molecule has 0 saturated heterocycles. The molecule has 0 amide bonds. The minimum Gasteiger partial charge on any atom is -0.392 e. The molecule has 360 valence electrons. The highest BCUT2D eigenvalue weighted by Gasteiger charge is 2.05. The number of aromatic amines is 3. The fraction of sp³-hybridized carbons (Fsp3) is 0.333. The Kier molecular flexibility index (Phi) is 30.9. The number of fused-ring (bicyclic) bond motifs is 3. The maximum absolute atomic E-state index is 10.6. The summed E-state index contributed by atoms with van der Waals surface area (Å²) in [6.07, 6.45) is 20.3. The summed E-state index contributed by atoms with van der Waals surface area (Å²) in [6, 6.07) is 17.0. The number of guanidine groups is 1. The Hall–Kier alpha value is -5.43. The van der Waals surface area contributed by atoms with Crippen LogP contribution in [-0.4, -0.2) is 90.9 Å². The fourth-order valence-corrected chi connectivity index (χ4v) is 5.81. The number of benzene rings is 3. The summed E-state index contributed by atoms with van der Waals surface area (Å²) in [5.41, 5.74) is 32.2. The molecule has 0 aliphatic rings. The first-order valence-corrected chi connectivity index (χ1v) is 23.4. The summed E-state index contributed by atoms with van der Waals surface area (Å²) >= 11 is 2.67. The molecule has 6 rings (SSSR count). The number of carbonyl (C=O) groups is 1. The van der Waals surface area contributed by atoms with E-state index in [0.717, 1.165) is 99.2 Å². The van der Waals surface area contributed by atoms with E-state index in [4.69, 9.17) is 39.0 Å². The smallest absolute Gasteiger partial charge is 0.209 e. The van der Waals surface area contributed by atoms with Crippen molar-refractivity contribution in [1.29, 1.82) is 0 Å². The second-order valence-corrected chi connectivity index (χ2v) is 15.5. The van der Waals surface area contributed by atoms with Crippen LogP contribution in [0.25, 0.3) is 32.7 Å². The highest BCUT2D eigenvalue weighted by Crippen LogP contribution is 2.21. The predicted molar refractivity (Wildman–Crippen MR) is 291 cm³/mol. The Morgan fingerprint density at radius 1 is 0.682 bits per heavy atom. The molecule has 3 aromatic heterocycles. The topological polar surface area (TPSA) is 329 Å². The number of rotatable bonds is 15. The van der Waals surface area contributed by atoms with E-state index < -0.39 is 0 Å². The summed E-state index contributed by atoms with van der Waals surface area (Å²) < 4.78 is 0. The number of nitrogens with one attached hydrogen (secondary N) is 4. The van der Waals surface area contributed by atoms with E-state index in [9.17, 15) is 9.90 Å². The maximum Gasteiger partial charge on any atom is 0.209 e. The first-order valence-electron chi connectivity index (χ1n) is 20.9. The summed E-state index contributed by atoms with van der Waals surface area (Å²) in [4.78, 5) is 24.1. The molecule has 17 N–H and O–H groups in total. The second-order valence-electron chi connectivity index (χ2n) is 13.9. The molecular formula is C45H67IN14O4S2. The Bertz CT molecular complexity index is 2440. The average Bonchev–Trinajstić information content (AvgIpc) is 4.08. The zero-order valence-electron chi connectivity index (χ0n) is 38.0. The first-order chi connectivity index (χ1) is 31.6. The lowest BCUT2D eigenvalue weighted by atomic mass is 10.1. The summed E-state index contributed by atoms with van der Waals surface area (Å²) in [7, 11) is 0. The number of aliphatic hydroxyl groups is 3. The maximum atomic E-state index is 10.6. The fourth-order valence-electron chi connectivity index (χ4n) is 5.57. The molecule has 0 spiro atoms. The predicted octanol–water partition coefficient (Wildman–Crippen LogP) is 6.52. The van der Waals surface area contributed by atoms with Crippen LogP contribution in [0.1, 0.15) is 90.5 Å². The Labute approximate surface area is 411 Å². The number of carbonyl (C=O) groups excluding carboxylic acids is 1. The molecule has 18 nitrogen and oxygen atoms in total. The average molecular weight is 1060 g/mol. The van der Waals surface area contributed by atoms with Gasteiger partial charge in [-0.25, -0.2) is 5.43 Å². The number of unbranched alkanes of at least 4 members (excludes halogenated alkanes) is 4. The van der Waals surface area contributed by atoms with Gasteiger partial charge in [0.2, 0.25) is 5.96 Å². The van der Waals surface area contributed by atoms with Gasteiger partial charge in [-0.15, -0.1) is 29.1 Å². The first kappa shape index (κ1) is 58.6. The lowest BCUT2D eigenvalue weighted by Gasteiger charge is -1.99. The number of hydrogen-bond donors (Lipinski definition) is 12.